The van der Waals surface area contributed by atoms with E-state index in [1.54, 1.807) is 12.1 Å². The van der Waals surface area contributed by atoms with E-state index in [-0.39, 0.29) is 4.90 Å². The molecule has 0 amide bonds. The highest BCUT2D eigenvalue weighted by molar-refractivity contribution is 7.99. The highest BCUT2D eigenvalue weighted by atomic mass is 32.2. The Hall–Kier alpha value is -0.960. The second-order valence-corrected chi connectivity index (χ2v) is 5.12. The molecule has 0 spiro atoms. The Morgan fingerprint density at radius 2 is 1.93 bits per heavy atom. The molecule has 1 aromatic rings. The molecule has 0 radical (unpaired) electrons. The average molecular weight is 227 g/mol. The third kappa shape index (κ3) is 3.07. The van der Waals surface area contributed by atoms with Crippen molar-refractivity contribution in [2.24, 2.45) is 5.14 Å². The van der Waals surface area contributed by atoms with Crippen molar-refractivity contribution in [1.29, 1.82) is 0 Å². The summed E-state index contributed by atoms with van der Waals surface area (Å²) in [7, 11) is -3.59. The van der Waals surface area contributed by atoms with Crippen molar-refractivity contribution in [3.63, 3.8) is 0 Å². The summed E-state index contributed by atoms with van der Waals surface area (Å²) in [5.41, 5.74) is 0. The van der Waals surface area contributed by atoms with Crippen LogP contribution in [-0.4, -0.2) is 14.2 Å². The van der Waals surface area contributed by atoms with Gasteiger partial charge in [-0.15, -0.1) is 18.2 Å². The molecule has 14 heavy (non-hydrogen) atoms. The van der Waals surface area contributed by atoms with Crippen LogP contribution in [0.4, 0.5) is 0 Å². The van der Waals surface area contributed by atoms with Crippen molar-refractivity contribution in [3.05, 3.63) is 24.3 Å². The van der Waals surface area contributed by atoms with Gasteiger partial charge in [-0.1, -0.05) is 5.92 Å². The van der Waals surface area contributed by atoms with Crippen LogP contribution in [0, 0.1) is 12.3 Å². The second kappa shape index (κ2) is 4.51. The highest BCUT2D eigenvalue weighted by Crippen LogP contribution is 2.18. The molecule has 0 unspecified atom stereocenters. The molecular weight excluding hydrogens is 218 g/mol. The fraction of sp³-hybridized carbons (Fsp3) is 0.111. The van der Waals surface area contributed by atoms with Gasteiger partial charge in [-0.2, -0.15) is 0 Å². The lowest BCUT2D eigenvalue weighted by molar-refractivity contribution is 0.597. The molecule has 0 saturated carbocycles. The van der Waals surface area contributed by atoms with Crippen molar-refractivity contribution in [3.8, 4) is 12.3 Å². The normalized spacial score (nSPS) is 10.9. The number of nitrogens with two attached hydrogens (primary N) is 1. The van der Waals surface area contributed by atoms with Crippen molar-refractivity contribution in [2.45, 2.75) is 9.79 Å². The average Bonchev–Trinajstić information content (AvgIpc) is 2.14. The summed E-state index contributed by atoms with van der Waals surface area (Å²) in [6, 6.07) is 6.30. The first-order valence-corrected chi connectivity index (χ1v) is 6.26. The van der Waals surface area contributed by atoms with Gasteiger partial charge in [-0.25, -0.2) is 13.6 Å². The third-order valence-corrected chi connectivity index (χ3v) is 3.32. The Kier molecular flexibility index (Phi) is 3.58. The summed E-state index contributed by atoms with van der Waals surface area (Å²) in [4.78, 5) is 1.04. The molecular formula is C9H9NO2S2. The van der Waals surface area contributed by atoms with E-state index in [1.165, 1.54) is 23.9 Å². The van der Waals surface area contributed by atoms with Crippen LogP contribution < -0.4 is 5.14 Å². The SMILES string of the molecule is C#CCSc1ccc(S(N)(=O)=O)cc1. The summed E-state index contributed by atoms with van der Waals surface area (Å²) < 4.78 is 21.8. The smallest absolute Gasteiger partial charge is 0.225 e. The van der Waals surface area contributed by atoms with Crippen LogP contribution in [0.25, 0.3) is 0 Å². The van der Waals surface area contributed by atoms with Crippen LogP contribution in [0.15, 0.2) is 34.1 Å². The van der Waals surface area contributed by atoms with Crippen LogP contribution >= 0.6 is 11.8 Å². The Balaban J connectivity index is 2.86. The van der Waals surface area contributed by atoms with E-state index in [0.717, 1.165) is 4.90 Å². The minimum absolute atomic E-state index is 0.113. The molecule has 1 rings (SSSR count). The molecule has 0 heterocycles. The number of sulfonamides is 1. The zero-order valence-electron chi connectivity index (χ0n) is 7.30. The summed E-state index contributed by atoms with van der Waals surface area (Å²) >= 11 is 1.47. The molecule has 0 aliphatic rings. The van der Waals surface area contributed by atoms with Gasteiger partial charge in [-0.3, -0.25) is 0 Å². The van der Waals surface area contributed by atoms with E-state index in [9.17, 15) is 8.42 Å². The Morgan fingerprint density at radius 1 is 1.36 bits per heavy atom. The molecule has 0 atom stereocenters. The van der Waals surface area contributed by atoms with E-state index in [2.05, 4.69) is 5.92 Å². The third-order valence-electron chi connectivity index (χ3n) is 1.47. The lowest BCUT2D eigenvalue weighted by Gasteiger charge is -1.99. The zero-order chi connectivity index (χ0) is 10.6. The topological polar surface area (TPSA) is 60.2 Å². The number of terminal acetylenes is 1. The van der Waals surface area contributed by atoms with Gasteiger partial charge in [0, 0.05) is 4.90 Å². The lowest BCUT2D eigenvalue weighted by Crippen LogP contribution is -2.11. The van der Waals surface area contributed by atoms with Crippen molar-refractivity contribution in [2.75, 3.05) is 5.75 Å². The minimum Gasteiger partial charge on any atom is -0.225 e. The van der Waals surface area contributed by atoms with Crippen LogP contribution in [0.3, 0.4) is 0 Å². The van der Waals surface area contributed by atoms with Crippen LogP contribution in [-0.2, 0) is 10.0 Å². The van der Waals surface area contributed by atoms with E-state index in [1.807, 2.05) is 0 Å². The first-order chi connectivity index (χ1) is 6.54. The summed E-state index contributed by atoms with van der Waals surface area (Å²) in [5, 5.41) is 4.94. The van der Waals surface area contributed by atoms with Gasteiger partial charge in [0.15, 0.2) is 0 Å². The number of thioether (sulfide) groups is 1. The molecule has 0 aliphatic heterocycles. The van der Waals surface area contributed by atoms with Crippen molar-refractivity contribution < 1.29 is 8.42 Å². The van der Waals surface area contributed by atoms with Gasteiger partial charge in [0.2, 0.25) is 10.0 Å². The minimum atomic E-state index is -3.59. The van der Waals surface area contributed by atoms with Crippen LogP contribution in [0.5, 0.6) is 0 Å². The lowest BCUT2D eigenvalue weighted by atomic mass is 10.4. The van der Waals surface area contributed by atoms with Crippen LogP contribution in [0.2, 0.25) is 0 Å². The van der Waals surface area contributed by atoms with E-state index in [0.29, 0.717) is 5.75 Å². The highest BCUT2D eigenvalue weighted by Gasteiger charge is 2.06. The maximum atomic E-state index is 10.9. The summed E-state index contributed by atoms with van der Waals surface area (Å²) in [6.45, 7) is 0. The summed E-state index contributed by atoms with van der Waals surface area (Å²) in [6.07, 6.45) is 5.09. The van der Waals surface area contributed by atoms with Gasteiger partial charge in [0.25, 0.3) is 0 Å². The maximum absolute atomic E-state index is 10.9. The van der Waals surface area contributed by atoms with Gasteiger partial charge in [0.05, 0.1) is 10.6 Å². The number of primary sulfonamides is 1. The molecule has 0 aromatic heterocycles. The van der Waals surface area contributed by atoms with E-state index < -0.39 is 10.0 Å². The predicted molar refractivity (Wildman–Crippen MR) is 57.4 cm³/mol. The van der Waals surface area contributed by atoms with Crippen LogP contribution in [0.1, 0.15) is 0 Å². The molecule has 74 valence electrons. The number of hydrogen-bond donors (Lipinski definition) is 1. The Morgan fingerprint density at radius 3 is 2.36 bits per heavy atom. The molecule has 1 aromatic carbocycles. The van der Waals surface area contributed by atoms with Gasteiger partial charge in [0.1, 0.15) is 0 Å². The number of benzene rings is 1. The quantitative estimate of drug-likeness (QED) is 0.620. The molecule has 5 heteroatoms. The largest absolute Gasteiger partial charge is 0.238 e. The Labute approximate surface area is 87.7 Å². The maximum Gasteiger partial charge on any atom is 0.238 e. The molecule has 0 aliphatic carbocycles. The van der Waals surface area contributed by atoms with E-state index in [4.69, 9.17) is 11.6 Å². The fourth-order valence-electron chi connectivity index (χ4n) is 0.851. The van der Waals surface area contributed by atoms with Crippen molar-refractivity contribution >= 4 is 21.8 Å². The molecule has 2 N–H and O–H groups in total. The van der Waals surface area contributed by atoms with Gasteiger partial charge < -0.3 is 0 Å². The van der Waals surface area contributed by atoms with Gasteiger partial charge >= 0.3 is 0 Å². The number of hydrogen-bond acceptors (Lipinski definition) is 3. The van der Waals surface area contributed by atoms with E-state index >= 15 is 0 Å². The van der Waals surface area contributed by atoms with Gasteiger partial charge in [-0.05, 0) is 24.3 Å². The second-order valence-electron chi connectivity index (χ2n) is 2.51. The van der Waals surface area contributed by atoms with Crippen molar-refractivity contribution in [1.82, 2.24) is 0 Å². The first kappa shape index (κ1) is 11.1. The Bertz CT molecular complexity index is 443. The first-order valence-electron chi connectivity index (χ1n) is 3.73. The molecule has 0 saturated heterocycles. The molecule has 0 bridgehead atoms. The predicted octanol–water partition coefficient (Wildman–Crippen LogP) is 1.06. The zero-order valence-corrected chi connectivity index (χ0v) is 8.94. The standard InChI is InChI=1S/C9H9NO2S2/c1-2-7-13-8-3-5-9(6-4-8)14(10,11)12/h1,3-6H,7H2,(H2,10,11,12). The molecule has 0 fully saturated rings. The number of rotatable bonds is 3. The summed E-state index contributed by atoms with van der Waals surface area (Å²) in [5.74, 6) is 3.05. The monoisotopic (exact) mass is 227 g/mol. The fourth-order valence-corrected chi connectivity index (χ4v) is 1.94. The molecule has 3 nitrogen and oxygen atoms in total.